The summed E-state index contributed by atoms with van der Waals surface area (Å²) in [6, 6.07) is 3.45. The van der Waals surface area contributed by atoms with Crippen molar-refractivity contribution in [2.45, 2.75) is 13.0 Å². The zero-order chi connectivity index (χ0) is 12.8. The number of ether oxygens (including phenoxy) is 4. The first-order valence-electron chi connectivity index (χ1n) is 5.30. The summed E-state index contributed by atoms with van der Waals surface area (Å²) in [6.45, 7) is 2.30. The van der Waals surface area contributed by atoms with Gasteiger partial charge in [0, 0.05) is 18.2 Å². The zero-order valence-electron chi connectivity index (χ0n) is 10.6. The number of benzene rings is 1. The molecule has 96 valence electrons. The summed E-state index contributed by atoms with van der Waals surface area (Å²) >= 11 is 0. The largest absolute Gasteiger partial charge is 0.493 e. The van der Waals surface area contributed by atoms with E-state index in [9.17, 15) is 0 Å². The lowest BCUT2D eigenvalue weighted by Crippen LogP contribution is -2.23. The molecule has 0 spiro atoms. The molecule has 0 heterocycles. The molecule has 2 N–H and O–H groups in total. The van der Waals surface area contributed by atoms with Crippen molar-refractivity contribution in [3.63, 3.8) is 0 Å². The van der Waals surface area contributed by atoms with Crippen molar-refractivity contribution in [3.05, 3.63) is 12.1 Å². The highest BCUT2D eigenvalue weighted by molar-refractivity contribution is 5.55. The quantitative estimate of drug-likeness (QED) is 0.816. The van der Waals surface area contributed by atoms with E-state index in [-0.39, 0.29) is 6.04 Å². The van der Waals surface area contributed by atoms with Gasteiger partial charge in [-0.1, -0.05) is 0 Å². The highest BCUT2D eigenvalue weighted by atomic mass is 16.5. The highest BCUT2D eigenvalue weighted by Crippen LogP contribution is 2.40. The van der Waals surface area contributed by atoms with Crippen molar-refractivity contribution in [3.8, 4) is 23.0 Å². The maximum atomic E-state index is 5.63. The fourth-order valence-electron chi connectivity index (χ4n) is 1.37. The average molecular weight is 241 g/mol. The molecule has 0 aromatic heterocycles. The second kappa shape index (κ2) is 6.20. The minimum Gasteiger partial charge on any atom is -0.493 e. The standard InChI is InChI=1S/C12H19NO4/c1-8(13)7-17-9-5-10(14-2)12(16-4)11(6-9)15-3/h5-6,8H,7,13H2,1-4H3/t8-/m0/s1. The molecule has 5 heteroatoms. The van der Waals surface area contributed by atoms with Crippen molar-refractivity contribution >= 4 is 0 Å². The Balaban J connectivity index is 3.00. The van der Waals surface area contributed by atoms with E-state index in [4.69, 9.17) is 24.7 Å². The predicted octanol–water partition coefficient (Wildman–Crippen LogP) is 1.44. The van der Waals surface area contributed by atoms with Crippen LogP contribution < -0.4 is 24.7 Å². The van der Waals surface area contributed by atoms with Crippen LogP contribution >= 0.6 is 0 Å². The molecule has 0 saturated heterocycles. The van der Waals surface area contributed by atoms with E-state index in [1.54, 1.807) is 33.5 Å². The van der Waals surface area contributed by atoms with Crippen LogP contribution in [0.5, 0.6) is 23.0 Å². The van der Waals surface area contributed by atoms with Crippen LogP contribution in [0.4, 0.5) is 0 Å². The second-order valence-electron chi connectivity index (χ2n) is 3.65. The van der Waals surface area contributed by atoms with E-state index in [1.165, 1.54) is 0 Å². The van der Waals surface area contributed by atoms with Crippen LogP contribution in [0, 0.1) is 0 Å². The molecule has 17 heavy (non-hydrogen) atoms. The van der Waals surface area contributed by atoms with E-state index in [0.717, 1.165) is 0 Å². The van der Waals surface area contributed by atoms with Gasteiger partial charge in [-0.25, -0.2) is 0 Å². The Bertz CT molecular complexity index is 341. The highest BCUT2D eigenvalue weighted by Gasteiger charge is 2.13. The monoisotopic (exact) mass is 241 g/mol. The van der Waals surface area contributed by atoms with Gasteiger partial charge in [0.2, 0.25) is 5.75 Å². The third kappa shape index (κ3) is 3.42. The van der Waals surface area contributed by atoms with Gasteiger partial charge in [0.1, 0.15) is 12.4 Å². The SMILES string of the molecule is COc1cc(OC[C@H](C)N)cc(OC)c1OC. The fraction of sp³-hybridized carbons (Fsp3) is 0.500. The van der Waals surface area contributed by atoms with Crippen LogP contribution in [-0.4, -0.2) is 34.0 Å². The normalized spacial score (nSPS) is 11.8. The Labute approximate surface area is 101 Å². The van der Waals surface area contributed by atoms with Crippen LogP contribution in [0.15, 0.2) is 12.1 Å². The maximum Gasteiger partial charge on any atom is 0.203 e. The molecule has 0 aliphatic carbocycles. The van der Waals surface area contributed by atoms with Gasteiger partial charge in [-0.3, -0.25) is 0 Å². The molecule has 1 atom stereocenters. The van der Waals surface area contributed by atoms with Gasteiger partial charge >= 0.3 is 0 Å². The third-order valence-corrected chi connectivity index (χ3v) is 2.15. The van der Waals surface area contributed by atoms with E-state index in [1.807, 2.05) is 6.92 Å². The number of methoxy groups -OCH3 is 3. The molecule has 1 aromatic carbocycles. The number of hydrogen-bond donors (Lipinski definition) is 1. The van der Waals surface area contributed by atoms with Crippen molar-refractivity contribution < 1.29 is 18.9 Å². The van der Waals surface area contributed by atoms with Crippen LogP contribution in [0.1, 0.15) is 6.92 Å². The first-order chi connectivity index (χ1) is 8.12. The summed E-state index contributed by atoms with van der Waals surface area (Å²) in [7, 11) is 4.68. The summed E-state index contributed by atoms with van der Waals surface area (Å²) in [6.07, 6.45) is 0. The lowest BCUT2D eigenvalue weighted by molar-refractivity contribution is 0.285. The molecule has 0 radical (unpaired) electrons. The van der Waals surface area contributed by atoms with Crippen molar-refractivity contribution in [2.24, 2.45) is 5.73 Å². The van der Waals surface area contributed by atoms with Gasteiger partial charge in [0.15, 0.2) is 11.5 Å². The van der Waals surface area contributed by atoms with Crippen LogP contribution in [0.2, 0.25) is 0 Å². The Morgan fingerprint density at radius 3 is 1.94 bits per heavy atom. The van der Waals surface area contributed by atoms with E-state index in [0.29, 0.717) is 29.6 Å². The first-order valence-corrected chi connectivity index (χ1v) is 5.30. The van der Waals surface area contributed by atoms with Gasteiger partial charge in [-0.15, -0.1) is 0 Å². The summed E-state index contributed by atoms with van der Waals surface area (Å²) < 4.78 is 21.1. The molecule has 1 aromatic rings. The molecule has 0 saturated carbocycles. The molecular formula is C12H19NO4. The van der Waals surface area contributed by atoms with Gasteiger partial charge in [0.25, 0.3) is 0 Å². The third-order valence-electron chi connectivity index (χ3n) is 2.15. The minimum atomic E-state index is -0.0332. The van der Waals surface area contributed by atoms with Crippen LogP contribution in [0.3, 0.4) is 0 Å². The Hall–Kier alpha value is -1.62. The lowest BCUT2D eigenvalue weighted by Gasteiger charge is -2.15. The summed E-state index contributed by atoms with van der Waals surface area (Å²) in [5.74, 6) is 2.30. The van der Waals surface area contributed by atoms with Crippen molar-refractivity contribution in [1.29, 1.82) is 0 Å². The lowest BCUT2D eigenvalue weighted by atomic mass is 10.2. The molecule has 0 bridgehead atoms. The average Bonchev–Trinajstić information content (AvgIpc) is 2.34. The molecule has 0 unspecified atom stereocenters. The van der Waals surface area contributed by atoms with Gasteiger partial charge < -0.3 is 24.7 Å². The van der Waals surface area contributed by atoms with Crippen LogP contribution in [0.25, 0.3) is 0 Å². The van der Waals surface area contributed by atoms with E-state index >= 15 is 0 Å². The summed E-state index contributed by atoms with van der Waals surface area (Å²) in [5, 5.41) is 0. The molecule has 0 aliphatic rings. The van der Waals surface area contributed by atoms with Gasteiger partial charge in [-0.2, -0.15) is 0 Å². The Morgan fingerprint density at radius 2 is 1.59 bits per heavy atom. The second-order valence-corrected chi connectivity index (χ2v) is 3.65. The predicted molar refractivity (Wildman–Crippen MR) is 65.2 cm³/mol. The van der Waals surface area contributed by atoms with Crippen LogP contribution in [-0.2, 0) is 0 Å². The molecular weight excluding hydrogens is 222 g/mol. The minimum absolute atomic E-state index is 0.0332. The molecule has 0 fully saturated rings. The smallest absolute Gasteiger partial charge is 0.203 e. The fourth-order valence-corrected chi connectivity index (χ4v) is 1.37. The van der Waals surface area contributed by atoms with Gasteiger partial charge in [0.05, 0.1) is 21.3 Å². The van der Waals surface area contributed by atoms with Crippen molar-refractivity contribution in [1.82, 2.24) is 0 Å². The Kier molecular flexibility index (Phi) is 4.90. The molecule has 0 aliphatic heterocycles. The summed E-state index contributed by atoms with van der Waals surface area (Å²) in [4.78, 5) is 0. The maximum absolute atomic E-state index is 5.63. The first kappa shape index (κ1) is 13.4. The van der Waals surface area contributed by atoms with E-state index < -0.39 is 0 Å². The Morgan fingerprint density at radius 1 is 1.06 bits per heavy atom. The summed E-state index contributed by atoms with van der Waals surface area (Å²) in [5.41, 5.74) is 5.63. The van der Waals surface area contributed by atoms with Gasteiger partial charge in [-0.05, 0) is 6.92 Å². The molecule has 0 amide bonds. The zero-order valence-corrected chi connectivity index (χ0v) is 10.6. The van der Waals surface area contributed by atoms with E-state index in [2.05, 4.69) is 0 Å². The molecule has 1 rings (SSSR count). The topological polar surface area (TPSA) is 62.9 Å². The number of hydrogen-bond acceptors (Lipinski definition) is 5. The van der Waals surface area contributed by atoms with Crippen molar-refractivity contribution in [2.75, 3.05) is 27.9 Å². The molecule has 5 nitrogen and oxygen atoms in total. The number of rotatable bonds is 6. The number of nitrogens with two attached hydrogens (primary N) is 1.